The monoisotopic (exact) mass is 299 g/mol. The second-order valence-electron chi connectivity index (χ2n) is 4.27. The van der Waals surface area contributed by atoms with Crippen molar-refractivity contribution in [3.05, 3.63) is 34.6 Å². The molecule has 1 aliphatic rings. The number of piperidine rings is 1. The first kappa shape index (κ1) is 15.6. The summed E-state index contributed by atoms with van der Waals surface area (Å²) in [6.07, 6.45) is 0.692. The quantitative estimate of drug-likeness (QED) is 0.870. The molecule has 1 saturated heterocycles. The van der Waals surface area contributed by atoms with Gasteiger partial charge in [0, 0.05) is 10.9 Å². The molecule has 0 radical (unpaired) electrons. The Bertz CT molecular complexity index is 406. The minimum atomic E-state index is -3.16. The number of rotatable bonds is 2. The Kier molecular flexibility index (Phi) is 5.32. The van der Waals surface area contributed by atoms with E-state index in [1.54, 1.807) is 0 Å². The summed E-state index contributed by atoms with van der Waals surface area (Å²) < 4.78 is 41.8. The highest BCUT2D eigenvalue weighted by Gasteiger charge is 2.43. The van der Waals surface area contributed by atoms with Gasteiger partial charge in [-0.15, -0.1) is 12.4 Å². The number of hydrogen-bond acceptors (Lipinski definition) is 1. The van der Waals surface area contributed by atoms with Crippen LogP contribution >= 0.6 is 24.0 Å². The van der Waals surface area contributed by atoms with Crippen molar-refractivity contribution >= 4 is 24.0 Å². The molecule has 0 aliphatic carbocycles. The van der Waals surface area contributed by atoms with E-state index in [1.807, 2.05) is 0 Å². The van der Waals surface area contributed by atoms with Crippen LogP contribution in [0.3, 0.4) is 0 Å². The van der Waals surface area contributed by atoms with E-state index in [0.29, 0.717) is 25.9 Å². The number of benzene rings is 1. The maximum absolute atomic E-state index is 14.2. The average Bonchev–Trinajstić information content (AvgIpc) is 2.33. The maximum atomic E-state index is 14.2. The molecule has 2 rings (SSSR count). The number of halogens is 5. The van der Waals surface area contributed by atoms with Crippen molar-refractivity contribution in [3.63, 3.8) is 0 Å². The van der Waals surface area contributed by atoms with Gasteiger partial charge in [0.25, 0.3) is 5.92 Å². The third-order valence-corrected chi connectivity index (χ3v) is 3.37. The third-order valence-electron chi connectivity index (χ3n) is 3.14. The minimum absolute atomic E-state index is 0. The van der Waals surface area contributed by atoms with Crippen molar-refractivity contribution in [2.45, 2.75) is 18.8 Å². The van der Waals surface area contributed by atoms with Crippen LogP contribution in [0.1, 0.15) is 18.4 Å². The fraction of sp³-hybridized carbons (Fsp3) is 0.500. The lowest BCUT2D eigenvalue weighted by Gasteiger charge is -2.30. The highest BCUT2D eigenvalue weighted by molar-refractivity contribution is 6.30. The maximum Gasteiger partial charge on any atom is 0.278 e. The van der Waals surface area contributed by atoms with Crippen LogP contribution in [0, 0.1) is 11.7 Å². The SMILES string of the molecule is Cl.Fc1ccc(Cl)cc1C(F)(F)C1CCNCC1. The van der Waals surface area contributed by atoms with E-state index in [0.717, 1.165) is 12.1 Å². The largest absolute Gasteiger partial charge is 0.317 e. The van der Waals surface area contributed by atoms with Crippen LogP contribution in [0.4, 0.5) is 13.2 Å². The van der Waals surface area contributed by atoms with Gasteiger partial charge >= 0.3 is 0 Å². The van der Waals surface area contributed by atoms with Crippen LogP contribution in [0.25, 0.3) is 0 Å². The Labute approximate surface area is 115 Å². The van der Waals surface area contributed by atoms with E-state index in [4.69, 9.17) is 11.6 Å². The molecule has 1 aliphatic heterocycles. The summed E-state index contributed by atoms with van der Waals surface area (Å²) in [5.74, 6) is -4.87. The molecule has 0 spiro atoms. The normalized spacial score (nSPS) is 17.3. The van der Waals surface area contributed by atoms with E-state index < -0.39 is 23.2 Å². The Morgan fingerprint density at radius 2 is 1.83 bits per heavy atom. The summed E-state index contributed by atoms with van der Waals surface area (Å²) in [6.45, 7) is 1.09. The Morgan fingerprint density at radius 3 is 2.44 bits per heavy atom. The predicted molar refractivity (Wildman–Crippen MR) is 68.1 cm³/mol. The van der Waals surface area contributed by atoms with Gasteiger partial charge in [-0.1, -0.05) is 11.6 Å². The molecule has 102 valence electrons. The number of nitrogens with one attached hydrogen (secondary N) is 1. The lowest BCUT2D eigenvalue weighted by atomic mass is 9.87. The standard InChI is InChI=1S/C12H13ClF3N.ClH/c13-9-1-2-11(14)10(7-9)12(15,16)8-3-5-17-6-4-8;/h1-2,7-8,17H,3-6H2;1H. The van der Waals surface area contributed by atoms with E-state index in [-0.39, 0.29) is 17.4 Å². The van der Waals surface area contributed by atoms with Crippen molar-refractivity contribution in [1.82, 2.24) is 5.32 Å². The molecule has 1 nitrogen and oxygen atoms in total. The molecule has 1 aromatic carbocycles. The van der Waals surface area contributed by atoms with E-state index in [2.05, 4.69) is 5.32 Å². The number of hydrogen-bond donors (Lipinski definition) is 1. The topological polar surface area (TPSA) is 12.0 Å². The Morgan fingerprint density at radius 1 is 1.22 bits per heavy atom. The highest BCUT2D eigenvalue weighted by Crippen LogP contribution is 2.42. The van der Waals surface area contributed by atoms with Crippen LogP contribution in [0.15, 0.2) is 18.2 Å². The van der Waals surface area contributed by atoms with Gasteiger partial charge in [-0.2, -0.15) is 0 Å². The van der Waals surface area contributed by atoms with E-state index >= 15 is 0 Å². The fourth-order valence-electron chi connectivity index (χ4n) is 2.16. The van der Waals surface area contributed by atoms with Crippen LogP contribution in [0.5, 0.6) is 0 Å². The summed E-state index contributed by atoms with van der Waals surface area (Å²) >= 11 is 5.65. The molecule has 0 bridgehead atoms. The Balaban J connectivity index is 0.00000162. The summed E-state index contributed by atoms with van der Waals surface area (Å²) in [7, 11) is 0. The lowest BCUT2D eigenvalue weighted by Crippen LogP contribution is -2.37. The van der Waals surface area contributed by atoms with Gasteiger partial charge in [0.2, 0.25) is 0 Å². The summed E-state index contributed by atoms with van der Waals surface area (Å²) in [5.41, 5.74) is -0.586. The van der Waals surface area contributed by atoms with Gasteiger partial charge in [0.05, 0.1) is 5.56 Å². The molecular weight excluding hydrogens is 286 g/mol. The molecule has 6 heteroatoms. The van der Waals surface area contributed by atoms with Gasteiger partial charge in [0.15, 0.2) is 0 Å². The highest BCUT2D eigenvalue weighted by atomic mass is 35.5. The average molecular weight is 300 g/mol. The lowest BCUT2D eigenvalue weighted by molar-refractivity contribution is -0.0779. The van der Waals surface area contributed by atoms with Gasteiger partial charge in [-0.05, 0) is 44.1 Å². The molecule has 18 heavy (non-hydrogen) atoms. The van der Waals surface area contributed by atoms with Crippen molar-refractivity contribution < 1.29 is 13.2 Å². The second-order valence-corrected chi connectivity index (χ2v) is 4.71. The molecule has 0 saturated carbocycles. The Hall–Kier alpha value is -0.450. The minimum Gasteiger partial charge on any atom is -0.317 e. The zero-order chi connectivity index (χ0) is 12.5. The second kappa shape index (κ2) is 6.13. The molecule has 0 aromatic heterocycles. The van der Waals surface area contributed by atoms with Crippen molar-refractivity contribution in [1.29, 1.82) is 0 Å². The zero-order valence-electron chi connectivity index (χ0n) is 9.56. The molecule has 0 atom stereocenters. The summed E-state index contributed by atoms with van der Waals surface area (Å²) in [6, 6.07) is 3.30. The molecule has 1 heterocycles. The molecule has 1 aromatic rings. The fourth-order valence-corrected chi connectivity index (χ4v) is 2.33. The van der Waals surface area contributed by atoms with E-state index in [1.165, 1.54) is 6.07 Å². The van der Waals surface area contributed by atoms with Crippen molar-refractivity contribution in [2.24, 2.45) is 5.92 Å². The van der Waals surface area contributed by atoms with Gasteiger partial charge in [-0.25, -0.2) is 13.2 Å². The predicted octanol–water partition coefficient (Wildman–Crippen LogP) is 3.99. The zero-order valence-corrected chi connectivity index (χ0v) is 11.1. The molecule has 1 fully saturated rings. The molecule has 1 N–H and O–H groups in total. The first-order valence-corrected chi connectivity index (χ1v) is 5.93. The van der Waals surface area contributed by atoms with E-state index in [9.17, 15) is 13.2 Å². The van der Waals surface area contributed by atoms with Gasteiger partial charge in [-0.3, -0.25) is 0 Å². The smallest absolute Gasteiger partial charge is 0.278 e. The summed E-state index contributed by atoms with van der Waals surface area (Å²) in [4.78, 5) is 0. The van der Waals surface area contributed by atoms with Crippen LogP contribution < -0.4 is 5.32 Å². The number of alkyl halides is 2. The molecular formula is C12H14Cl2F3N. The van der Waals surface area contributed by atoms with Gasteiger partial charge in [0.1, 0.15) is 5.82 Å². The van der Waals surface area contributed by atoms with Gasteiger partial charge < -0.3 is 5.32 Å². The first-order chi connectivity index (χ1) is 8.01. The molecule has 0 amide bonds. The van der Waals surface area contributed by atoms with Crippen molar-refractivity contribution in [3.8, 4) is 0 Å². The summed E-state index contributed by atoms with van der Waals surface area (Å²) in [5, 5.41) is 3.15. The molecule has 0 unspecified atom stereocenters. The van der Waals surface area contributed by atoms with Crippen LogP contribution in [-0.4, -0.2) is 13.1 Å². The first-order valence-electron chi connectivity index (χ1n) is 5.56. The third kappa shape index (κ3) is 3.11. The van der Waals surface area contributed by atoms with Crippen LogP contribution in [-0.2, 0) is 5.92 Å². The van der Waals surface area contributed by atoms with Crippen molar-refractivity contribution in [2.75, 3.05) is 13.1 Å². The van der Waals surface area contributed by atoms with Crippen LogP contribution in [0.2, 0.25) is 5.02 Å².